The largest absolute Gasteiger partial charge is 0.480 e. The number of hydrogen-bond acceptors (Lipinski definition) is 5. The van der Waals surface area contributed by atoms with Gasteiger partial charge in [0.15, 0.2) is 0 Å². The van der Waals surface area contributed by atoms with Gasteiger partial charge < -0.3 is 15.2 Å². The molecule has 0 aromatic carbocycles. The summed E-state index contributed by atoms with van der Waals surface area (Å²) in [4.78, 5) is 10.9. The third-order valence-corrected chi connectivity index (χ3v) is 6.72. The molecule has 28 heteroatoms. The number of hydrogen-bond donors (Lipinski definition) is 2. The van der Waals surface area contributed by atoms with E-state index in [1.807, 2.05) is 0 Å². The molecule has 0 spiro atoms. The smallest absolute Gasteiger partial charge is 0.460 e. The van der Waals surface area contributed by atoms with Crippen molar-refractivity contribution in [3.8, 4) is 0 Å². The summed E-state index contributed by atoms with van der Waals surface area (Å²) in [6, 6.07) is -1.70. The van der Waals surface area contributed by atoms with E-state index in [-0.39, 0.29) is 18.7 Å². The highest BCUT2D eigenvalue weighted by Crippen LogP contribution is 2.66. The van der Waals surface area contributed by atoms with Gasteiger partial charge in [0.2, 0.25) is 0 Å². The standard InChI is InChI=1S/C20H15F21N4O3/c21-11(22,1-2-48-6-7-5-45(44-43-7)8-3-9(10(46)47)42-4-8)12(23,24)13(25,26)14(27,28)15(29,30)16(31,32)17(33,34)18(35,36)19(37,38)20(39,40)41/h5,8-9,42H,1-4,6H2,(H,46,47)/t8-,9+/m1/s1. The van der Waals surface area contributed by atoms with Crippen LogP contribution < -0.4 is 5.32 Å². The predicted molar refractivity (Wildman–Crippen MR) is 108 cm³/mol. The summed E-state index contributed by atoms with van der Waals surface area (Å²) in [5.74, 6) is -78.7. The van der Waals surface area contributed by atoms with E-state index in [1.165, 1.54) is 0 Å². The molecule has 1 aliphatic rings. The lowest BCUT2D eigenvalue weighted by Crippen LogP contribution is -2.76. The van der Waals surface area contributed by atoms with Crippen LogP contribution in [0, 0.1) is 0 Å². The van der Waals surface area contributed by atoms with Gasteiger partial charge in [-0.05, 0) is 6.42 Å². The van der Waals surface area contributed by atoms with Gasteiger partial charge in [0.1, 0.15) is 11.7 Å². The second-order valence-electron chi connectivity index (χ2n) is 9.98. The molecular weight excluding hydrogens is 743 g/mol. The summed E-state index contributed by atoms with van der Waals surface area (Å²) in [5, 5.41) is 18.3. The maximum Gasteiger partial charge on any atom is 0.460 e. The number of halogens is 21. The highest BCUT2D eigenvalue weighted by atomic mass is 19.4. The molecule has 0 radical (unpaired) electrons. The zero-order valence-corrected chi connectivity index (χ0v) is 22.3. The van der Waals surface area contributed by atoms with Gasteiger partial charge >= 0.3 is 65.4 Å². The molecule has 2 rings (SSSR count). The molecule has 0 unspecified atom stereocenters. The Morgan fingerprint density at radius 3 is 1.54 bits per heavy atom. The summed E-state index contributed by atoms with van der Waals surface area (Å²) in [6.45, 7) is -2.95. The Bertz CT molecular complexity index is 1310. The minimum absolute atomic E-state index is 0.00581. The number of alkyl halides is 21. The average Bonchev–Trinajstić information content (AvgIpc) is 3.59. The van der Waals surface area contributed by atoms with Crippen molar-refractivity contribution in [1.82, 2.24) is 20.3 Å². The minimum Gasteiger partial charge on any atom is -0.480 e. The third kappa shape index (κ3) is 6.07. The summed E-state index contributed by atoms with van der Waals surface area (Å²) in [6.07, 6.45) is -10.0. The van der Waals surface area contributed by atoms with E-state index in [0.29, 0.717) is 0 Å². The fraction of sp³-hybridized carbons (Fsp3) is 0.850. The van der Waals surface area contributed by atoms with E-state index in [0.717, 1.165) is 10.9 Å². The molecule has 2 atom stereocenters. The number of nitrogens with zero attached hydrogens (tertiary/aromatic N) is 3. The molecule has 0 aliphatic carbocycles. The van der Waals surface area contributed by atoms with Crippen LogP contribution in [0.3, 0.4) is 0 Å². The van der Waals surface area contributed by atoms with Crippen molar-refractivity contribution in [3.05, 3.63) is 11.9 Å². The molecule has 1 aliphatic heterocycles. The van der Waals surface area contributed by atoms with E-state index in [2.05, 4.69) is 20.4 Å². The quantitative estimate of drug-likeness (QED) is 0.158. The number of carbonyl (C=O) groups is 1. The molecule has 0 saturated carbocycles. The normalized spacial score (nSPS) is 20.0. The van der Waals surface area contributed by atoms with Crippen LogP contribution in [0.1, 0.15) is 24.6 Å². The first kappa shape index (κ1) is 41.2. The third-order valence-electron chi connectivity index (χ3n) is 6.72. The molecule has 0 amide bonds. The van der Waals surface area contributed by atoms with Crippen molar-refractivity contribution in [1.29, 1.82) is 0 Å². The van der Waals surface area contributed by atoms with Crippen LogP contribution in [0.5, 0.6) is 0 Å². The second kappa shape index (κ2) is 12.1. The van der Waals surface area contributed by atoms with Gasteiger partial charge in [-0.15, -0.1) is 5.10 Å². The zero-order chi connectivity index (χ0) is 38.0. The maximum absolute atomic E-state index is 14.0. The number of aromatic nitrogens is 3. The van der Waals surface area contributed by atoms with Gasteiger partial charge in [0.25, 0.3) is 0 Å². The van der Waals surface area contributed by atoms with Crippen molar-refractivity contribution in [3.63, 3.8) is 0 Å². The Hall–Kier alpha value is -2.94. The lowest BCUT2D eigenvalue weighted by Gasteiger charge is -2.44. The summed E-state index contributed by atoms with van der Waals surface area (Å²) < 4.78 is 287. The molecular formula is C20H15F21N4O3. The molecule has 48 heavy (non-hydrogen) atoms. The number of rotatable bonds is 15. The van der Waals surface area contributed by atoms with E-state index in [9.17, 15) is 97.0 Å². The Morgan fingerprint density at radius 2 is 1.15 bits per heavy atom. The Labute approximate surface area is 250 Å². The van der Waals surface area contributed by atoms with E-state index >= 15 is 0 Å². The predicted octanol–water partition coefficient (Wildman–Crippen LogP) is 6.45. The summed E-state index contributed by atoms with van der Waals surface area (Å²) in [7, 11) is 0. The maximum atomic E-state index is 14.0. The van der Waals surface area contributed by atoms with Gasteiger partial charge in [0, 0.05) is 13.0 Å². The van der Waals surface area contributed by atoms with E-state index in [4.69, 9.17) is 5.11 Å². The first-order valence-corrected chi connectivity index (χ1v) is 12.0. The average molecular weight is 758 g/mol. The van der Waals surface area contributed by atoms with Gasteiger partial charge in [0.05, 0.1) is 25.5 Å². The van der Waals surface area contributed by atoms with Gasteiger partial charge in [-0.2, -0.15) is 92.2 Å². The first-order chi connectivity index (χ1) is 21.1. The Kier molecular flexibility index (Phi) is 10.4. The Morgan fingerprint density at radius 1 is 0.729 bits per heavy atom. The lowest BCUT2D eigenvalue weighted by molar-refractivity contribution is -0.474. The molecule has 2 heterocycles. The molecule has 1 aromatic rings. The zero-order valence-electron chi connectivity index (χ0n) is 22.3. The van der Waals surface area contributed by atoms with Crippen LogP contribution in [0.2, 0.25) is 0 Å². The lowest BCUT2D eigenvalue weighted by atomic mass is 9.86. The van der Waals surface area contributed by atoms with Gasteiger partial charge in [-0.3, -0.25) is 4.79 Å². The van der Waals surface area contributed by atoms with Gasteiger partial charge in [-0.25, -0.2) is 4.68 Å². The van der Waals surface area contributed by atoms with Crippen molar-refractivity contribution >= 4 is 5.97 Å². The number of aliphatic carboxylic acids is 1. The molecule has 1 saturated heterocycles. The van der Waals surface area contributed by atoms with Crippen molar-refractivity contribution in [2.24, 2.45) is 0 Å². The monoisotopic (exact) mass is 758 g/mol. The van der Waals surface area contributed by atoms with Gasteiger partial charge in [-0.1, -0.05) is 5.21 Å². The molecule has 1 fully saturated rings. The molecule has 280 valence electrons. The van der Waals surface area contributed by atoms with E-state index < -0.39 is 97.2 Å². The van der Waals surface area contributed by atoms with Crippen LogP contribution in [0.25, 0.3) is 0 Å². The molecule has 0 bridgehead atoms. The minimum atomic E-state index is -9.22. The topological polar surface area (TPSA) is 89.3 Å². The van der Waals surface area contributed by atoms with Crippen molar-refractivity contribution in [2.75, 3.05) is 13.2 Å². The summed E-state index contributed by atoms with van der Waals surface area (Å²) >= 11 is 0. The fourth-order valence-electron chi connectivity index (χ4n) is 3.79. The highest BCUT2D eigenvalue weighted by Gasteiger charge is 2.97. The number of carboxylic acid groups (broad SMARTS) is 1. The highest BCUT2D eigenvalue weighted by molar-refractivity contribution is 5.73. The van der Waals surface area contributed by atoms with Crippen LogP contribution in [-0.2, 0) is 16.1 Å². The molecule has 7 nitrogen and oxygen atoms in total. The van der Waals surface area contributed by atoms with Crippen LogP contribution in [0.4, 0.5) is 92.2 Å². The number of nitrogens with one attached hydrogen (secondary N) is 1. The van der Waals surface area contributed by atoms with Crippen LogP contribution in [-0.4, -0.2) is 105 Å². The fourth-order valence-corrected chi connectivity index (χ4v) is 3.79. The number of ether oxygens (including phenoxy) is 1. The molecule has 2 N–H and O–H groups in total. The molecule has 1 aromatic heterocycles. The van der Waals surface area contributed by atoms with E-state index in [1.54, 1.807) is 0 Å². The second-order valence-corrected chi connectivity index (χ2v) is 9.98. The van der Waals surface area contributed by atoms with Crippen LogP contribution >= 0.6 is 0 Å². The van der Waals surface area contributed by atoms with Crippen LogP contribution in [0.15, 0.2) is 6.20 Å². The SMILES string of the molecule is O=C(O)[C@@H]1C[C@@H](n2cc(COCCC(F)(F)C(F)(F)C(F)(F)C(F)(F)C(F)(F)C(F)(F)C(F)(F)C(F)(F)C(F)(F)C(F)(F)F)nn2)CN1. The van der Waals surface area contributed by atoms with Crippen molar-refractivity contribution < 1.29 is 107 Å². The number of carboxylic acids is 1. The first-order valence-electron chi connectivity index (χ1n) is 12.0. The summed E-state index contributed by atoms with van der Waals surface area (Å²) in [5.41, 5.74) is -0.364. The Balaban J connectivity index is 2.27. The van der Waals surface area contributed by atoms with Crippen molar-refractivity contribution in [2.45, 2.75) is 91.0 Å².